The van der Waals surface area contributed by atoms with Crippen molar-refractivity contribution in [2.75, 3.05) is 6.16 Å². The highest BCUT2D eigenvalue weighted by Gasteiger charge is 2.50. The molecule has 0 fully saturated rings. The van der Waals surface area contributed by atoms with Crippen LogP contribution in [0.4, 0.5) is 26.3 Å². The third-order valence-electron chi connectivity index (χ3n) is 5.77. The normalized spacial score (nSPS) is 15.3. The highest BCUT2D eigenvalue weighted by atomic mass is 31.2. The quantitative estimate of drug-likeness (QED) is 0.264. The smallest absolute Gasteiger partial charge is 0.307 e. The van der Waals surface area contributed by atoms with Gasteiger partial charge in [0, 0.05) is 11.7 Å². The van der Waals surface area contributed by atoms with E-state index in [9.17, 15) is 40.5 Å². The van der Waals surface area contributed by atoms with Crippen LogP contribution >= 0.6 is 7.14 Å². The minimum Gasteiger partial charge on any atom is -0.307 e. The third kappa shape index (κ3) is 6.47. The largest absolute Gasteiger partial charge is 0.417 e. The maximum atomic E-state index is 14.3. The van der Waals surface area contributed by atoms with Crippen LogP contribution in [0, 0.1) is 25.2 Å². The van der Waals surface area contributed by atoms with Gasteiger partial charge in [-0.05, 0) is 54.9 Å². The molecule has 0 spiro atoms. The molecule has 3 nitrogen and oxygen atoms in total. The summed E-state index contributed by atoms with van der Waals surface area (Å²) in [7, 11) is -5.01. The summed E-state index contributed by atoms with van der Waals surface area (Å²) in [5.74, 6) is -0.611. The first-order valence-corrected chi connectivity index (χ1v) is 13.1. The zero-order valence-corrected chi connectivity index (χ0v) is 21.8. The SMILES string of the molecule is Cc1cccc(C)c1C(=O)P(=O)(CC(C)CC(C)(C)C)C(=O)c1c(C(F)(F)F)cccc1C(F)(F)F. The summed E-state index contributed by atoms with van der Waals surface area (Å²) in [6, 6.07) is 5.78. The molecular weight excluding hydrogens is 505 g/mol. The lowest BCUT2D eigenvalue weighted by Gasteiger charge is -2.27. The van der Waals surface area contributed by atoms with E-state index in [4.69, 9.17) is 0 Å². The first-order valence-electron chi connectivity index (χ1n) is 11.2. The third-order valence-corrected chi connectivity index (χ3v) is 8.67. The van der Waals surface area contributed by atoms with Gasteiger partial charge in [-0.3, -0.25) is 9.59 Å². The molecule has 36 heavy (non-hydrogen) atoms. The molecule has 0 aromatic heterocycles. The van der Waals surface area contributed by atoms with E-state index in [-0.39, 0.29) is 11.0 Å². The molecule has 0 aliphatic rings. The molecule has 0 radical (unpaired) electrons. The Hall–Kier alpha value is -2.41. The minimum absolute atomic E-state index is 0.129. The summed E-state index contributed by atoms with van der Waals surface area (Å²) in [5, 5.41) is 0. The Bertz CT molecular complexity index is 1150. The number of aryl methyl sites for hydroxylation is 2. The second kappa shape index (κ2) is 10.2. The van der Waals surface area contributed by atoms with Gasteiger partial charge in [0.1, 0.15) is 0 Å². The predicted molar refractivity (Wildman–Crippen MR) is 127 cm³/mol. The lowest BCUT2D eigenvalue weighted by Crippen LogP contribution is -2.25. The fourth-order valence-corrected chi connectivity index (χ4v) is 7.41. The van der Waals surface area contributed by atoms with Gasteiger partial charge in [-0.2, -0.15) is 26.3 Å². The molecule has 0 aliphatic heterocycles. The number of alkyl halides is 6. The number of carbonyl (C=O) groups excluding carboxylic acids is 2. The van der Waals surface area contributed by atoms with Crippen molar-refractivity contribution in [1.82, 2.24) is 0 Å². The lowest BCUT2D eigenvalue weighted by molar-refractivity contribution is -0.143. The second-order valence-corrected chi connectivity index (χ2v) is 13.0. The number of halogens is 6. The van der Waals surface area contributed by atoms with Crippen molar-refractivity contribution < 1.29 is 40.5 Å². The molecule has 0 amide bonds. The molecule has 0 saturated carbocycles. The molecule has 0 bridgehead atoms. The van der Waals surface area contributed by atoms with Gasteiger partial charge in [0.05, 0.1) is 16.7 Å². The first kappa shape index (κ1) is 29.8. The Labute approximate surface area is 206 Å². The van der Waals surface area contributed by atoms with Crippen LogP contribution in [0.5, 0.6) is 0 Å². The molecule has 2 atom stereocenters. The molecule has 0 heterocycles. The fourth-order valence-electron chi connectivity index (χ4n) is 4.58. The van der Waals surface area contributed by atoms with Crippen LogP contribution in [0.25, 0.3) is 0 Å². The van der Waals surface area contributed by atoms with Crippen LogP contribution in [-0.4, -0.2) is 17.2 Å². The van der Waals surface area contributed by atoms with Gasteiger partial charge < -0.3 is 4.57 Å². The fraction of sp³-hybridized carbons (Fsp3) is 0.462. The number of hydrogen-bond acceptors (Lipinski definition) is 3. The van der Waals surface area contributed by atoms with Gasteiger partial charge in [-0.15, -0.1) is 0 Å². The molecule has 0 aliphatic carbocycles. The van der Waals surface area contributed by atoms with E-state index in [1.807, 2.05) is 20.8 Å². The number of rotatable bonds is 7. The second-order valence-electron chi connectivity index (χ2n) is 10.4. The average molecular weight is 534 g/mol. The van der Waals surface area contributed by atoms with Crippen molar-refractivity contribution in [3.63, 3.8) is 0 Å². The van der Waals surface area contributed by atoms with Crippen molar-refractivity contribution in [3.8, 4) is 0 Å². The molecule has 0 N–H and O–H groups in total. The summed E-state index contributed by atoms with van der Waals surface area (Å²) in [6.45, 7) is 10.1. The van der Waals surface area contributed by atoms with Crippen LogP contribution in [0.1, 0.15) is 77.1 Å². The molecular formula is C26H29F6O3P. The van der Waals surface area contributed by atoms with Gasteiger partial charge in [-0.25, -0.2) is 0 Å². The zero-order valence-electron chi connectivity index (χ0n) is 20.9. The van der Waals surface area contributed by atoms with Crippen molar-refractivity contribution >= 4 is 18.2 Å². The summed E-state index contributed by atoms with van der Waals surface area (Å²) in [4.78, 5) is 27.4. The molecule has 2 unspecified atom stereocenters. The monoisotopic (exact) mass is 534 g/mol. The molecule has 10 heteroatoms. The van der Waals surface area contributed by atoms with E-state index in [2.05, 4.69) is 0 Å². The standard InChI is InChI=1S/C26H29F6O3P/c1-15(13-24(4,5)6)14-36(35,22(33)20-16(2)9-7-10-17(20)3)23(34)21-18(25(27,28)29)11-8-12-19(21)26(30,31)32/h7-12,15H,13-14H2,1-6H3. The van der Waals surface area contributed by atoms with Crippen LogP contribution in [0.3, 0.4) is 0 Å². The molecule has 2 aromatic carbocycles. The number of carbonyl (C=O) groups is 2. The van der Waals surface area contributed by atoms with E-state index in [0.717, 1.165) is 0 Å². The van der Waals surface area contributed by atoms with Gasteiger partial charge in [0.15, 0.2) is 0 Å². The summed E-state index contributed by atoms with van der Waals surface area (Å²) < 4.78 is 97.2. The van der Waals surface area contributed by atoms with E-state index in [0.29, 0.717) is 35.7 Å². The Balaban J connectivity index is 2.88. The van der Waals surface area contributed by atoms with Gasteiger partial charge >= 0.3 is 12.4 Å². The maximum Gasteiger partial charge on any atom is 0.417 e. The zero-order chi connectivity index (χ0) is 27.9. The number of benzene rings is 2. The maximum absolute atomic E-state index is 14.3. The van der Waals surface area contributed by atoms with E-state index in [1.165, 1.54) is 26.0 Å². The summed E-state index contributed by atoms with van der Waals surface area (Å²) in [6.07, 6.45) is -11.0. The van der Waals surface area contributed by atoms with Gasteiger partial charge in [0.2, 0.25) is 18.2 Å². The predicted octanol–water partition coefficient (Wildman–Crippen LogP) is 8.76. The Morgan fingerprint density at radius 3 is 1.56 bits per heavy atom. The highest BCUT2D eigenvalue weighted by molar-refractivity contribution is 7.95. The average Bonchev–Trinajstić information content (AvgIpc) is 2.69. The van der Waals surface area contributed by atoms with Crippen LogP contribution < -0.4 is 0 Å². The van der Waals surface area contributed by atoms with Crippen LogP contribution in [-0.2, 0) is 16.9 Å². The summed E-state index contributed by atoms with van der Waals surface area (Å²) >= 11 is 0. The summed E-state index contributed by atoms with van der Waals surface area (Å²) in [5.41, 5.74) is -8.53. The van der Waals surface area contributed by atoms with Crippen molar-refractivity contribution in [1.29, 1.82) is 0 Å². The Morgan fingerprint density at radius 2 is 1.17 bits per heavy atom. The highest BCUT2D eigenvalue weighted by Crippen LogP contribution is 2.57. The molecule has 198 valence electrons. The van der Waals surface area contributed by atoms with Crippen LogP contribution in [0.15, 0.2) is 36.4 Å². The molecule has 2 rings (SSSR count). The van der Waals surface area contributed by atoms with E-state index >= 15 is 0 Å². The topological polar surface area (TPSA) is 51.2 Å². The Kier molecular flexibility index (Phi) is 8.41. The van der Waals surface area contributed by atoms with E-state index < -0.39 is 59.3 Å². The van der Waals surface area contributed by atoms with Crippen molar-refractivity contribution in [2.24, 2.45) is 11.3 Å². The first-order chi connectivity index (χ1) is 16.2. The van der Waals surface area contributed by atoms with Crippen LogP contribution in [0.2, 0.25) is 0 Å². The van der Waals surface area contributed by atoms with Crippen molar-refractivity contribution in [3.05, 3.63) is 69.8 Å². The lowest BCUT2D eigenvalue weighted by atomic mass is 9.86. The van der Waals surface area contributed by atoms with Crippen molar-refractivity contribution in [2.45, 2.75) is 60.3 Å². The minimum atomic E-state index is -5.35. The van der Waals surface area contributed by atoms with Gasteiger partial charge in [0.25, 0.3) is 0 Å². The van der Waals surface area contributed by atoms with E-state index in [1.54, 1.807) is 13.0 Å². The number of hydrogen-bond donors (Lipinski definition) is 0. The molecule has 0 saturated heterocycles. The van der Waals surface area contributed by atoms with Gasteiger partial charge in [-0.1, -0.05) is 52.0 Å². The Morgan fingerprint density at radius 1 is 0.778 bits per heavy atom. The molecule has 2 aromatic rings.